The summed E-state index contributed by atoms with van der Waals surface area (Å²) in [5.74, 6) is 0.997. The van der Waals surface area contributed by atoms with Crippen LogP contribution in [0.2, 0.25) is 0 Å². The third-order valence-electron chi connectivity index (χ3n) is 5.82. The quantitative estimate of drug-likeness (QED) is 0.835. The molecular weight excluding hydrogens is 379 g/mol. The maximum atomic E-state index is 13.1. The van der Waals surface area contributed by atoms with Crippen LogP contribution in [0.4, 0.5) is 19.1 Å². The first-order valence-electron chi connectivity index (χ1n) is 10.3. The standard InChI is InChI=1S/C21H26F3N5/c1-14-4-3-9-29(14)20-27-18(12-19(28-20)15-5-2-7-25-13-15)11-17-10-16(6-8-26-17)21(22,23)24/h6,8,10,12,14-15,25H,2-5,7,9,11,13H2,1H3. The van der Waals surface area contributed by atoms with E-state index in [4.69, 9.17) is 9.97 Å². The zero-order valence-corrected chi connectivity index (χ0v) is 16.5. The van der Waals surface area contributed by atoms with Gasteiger partial charge in [-0.2, -0.15) is 13.2 Å². The Kier molecular flexibility index (Phi) is 5.72. The van der Waals surface area contributed by atoms with Gasteiger partial charge in [0.25, 0.3) is 0 Å². The lowest BCUT2D eigenvalue weighted by atomic mass is 9.95. The molecule has 2 fully saturated rings. The number of halogens is 3. The second-order valence-electron chi connectivity index (χ2n) is 8.02. The first-order chi connectivity index (χ1) is 13.9. The van der Waals surface area contributed by atoms with Crippen molar-refractivity contribution in [1.82, 2.24) is 20.3 Å². The summed E-state index contributed by atoms with van der Waals surface area (Å²) in [6, 6.07) is 4.43. The van der Waals surface area contributed by atoms with Crippen LogP contribution in [0, 0.1) is 0 Å². The van der Waals surface area contributed by atoms with Crippen LogP contribution in [0.15, 0.2) is 24.4 Å². The number of hydrogen-bond acceptors (Lipinski definition) is 5. The Morgan fingerprint density at radius 1 is 1.14 bits per heavy atom. The number of nitrogens with zero attached hydrogens (tertiary/aromatic N) is 4. The monoisotopic (exact) mass is 405 g/mol. The largest absolute Gasteiger partial charge is 0.416 e. The number of alkyl halides is 3. The fourth-order valence-corrected chi connectivity index (χ4v) is 4.20. The van der Waals surface area contributed by atoms with Crippen LogP contribution in [0.25, 0.3) is 0 Å². The van der Waals surface area contributed by atoms with Crippen molar-refractivity contribution < 1.29 is 13.2 Å². The molecule has 5 nitrogen and oxygen atoms in total. The highest BCUT2D eigenvalue weighted by Gasteiger charge is 2.31. The lowest BCUT2D eigenvalue weighted by Crippen LogP contribution is -2.31. The van der Waals surface area contributed by atoms with Crippen LogP contribution in [-0.4, -0.2) is 40.6 Å². The zero-order valence-electron chi connectivity index (χ0n) is 16.5. The second-order valence-corrected chi connectivity index (χ2v) is 8.02. The molecule has 2 aliphatic heterocycles. The number of rotatable bonds is 4. The van der Waals surface area contributed by atoms with E-state index in [2.05, 4.69) is 22.1 Å². The van der Waals surface area contributed by atoms with Gasteiger partial charge in [0.2, 0.25) is 5.95 Å². The van der Waals surface area contributed by atoms with Gasteiger partial charge >= 0.3 is 6.18 Å². The predicted molar refractivity (Wildman–Crippen MR) is 105 cm³/mol. The molecule has 1 N–H and O–H groups in total. The smallest absolute Gasteiger partial charge is 0.338 e. The Morgan fingerprint density at radius 2 is 2.00 bits per heavy atom. The van der Waals surface area contributed by atoms with Crippen molar-refractivity contribution in [3.8, 4) is 0 Å². The lowest BCUT2D eigenvalue weighted by Gasteiger charge is -2.26. The molecule has 0 aliphatic carbocycles. The summed E-state index contributed by atoms with van der Waals surface area (Å²) < 4.78 is 39.2. The molecular formula is C21H26F3N5. The molecule has 29 heavy (non-hydrogen) atoms. The van der Waals surface area contributed by atoms with Crippen molar-refractivity contribution in [2.24, 2.45) is 0 Å². The van der Waals surface area contributed by atoms with E-state index < -0.39 is 11.7 Å². The minimum atomic E-state index is -4.38. The average Bonchev–Trinajstić information content (AvgIpc) is 3.14. The van der Waals surface area contributed by atoms with E-state index in [9.17, 15) is 13.2 Å². The van der Waals surface area contributed by atoms with Crippen LogP contribution in [0.5, 0.6) is 0 Å². The zero-order chi connectivity index (χ0) is 20.4. The molecule has 156 valence electrons. The van der Waals surface area contributed by atoms with E-state index >= 15 is 0 Å². The molecule has 2 saturated heterocycles. The maximum Gasteiger partial charge on any atom is 0.416 e. The van der Waals surface area contributed by atoms with E-state index in [-0.39, 0.29) is 6.42 Å². The maximum absolute atomic E-state index is 13.1. The number of hydrogen-bond donors (Lipinski definition) is 1. The van der Waals surface area contributed by atoms with Crippen molar-refractivity contribution in [3.05, 3.63) is 47.0 Å². The van der Waals surface area contributed by atoms with E-state index in [1.807, 2.05) is 6.07 Å². The molecule has 0 amide bonds. The molecule has 4 heterocycles. The molecule has 8 heteroatoms. The lowest BCUT2D eigenvalue weighted by molar-refractivity contribution is -0.137. The van der Waals surface area contributed by atoms with Crippen LogP contribution < -0.4 is 10.2 Å². The van der Waals surface area contributed by atoms with Crippen molar-refractivity contribution in [2.45, 2.75) is 57.2 Å². The highest BCUT2D eigenvalue weighted by Crippen LogP contribution is 2.30. The third kappa shape index (κ3) is 4.69. The molecule has 0 spiro atoms. The SMILES string of the molecule is CC1CCCN1c1nc(Cc2cc(C(F)(F)F)ccn2)cc(C2CCCNC2)n1. The van der Waals surface area contributed by atoms with Gasteiger partial charge in [0, 0.05) is 43.4 Å². The van der Waals surface area contributed by atoms with Gasteiger partial charge in [-0.1, -0.05) is 0 Å². The van der Waals surface area contributed by atoms with E-state index in [1.54, 1.807) is 0 Å². The molecule has 0 aromatic carbocycles. The normalized spacial score (nSPS) is 22.8. The first kappa shape index (κ1) is 20.1. The Balaban J connectivity index is 1.66. The van der Waals surface area contributed by atoms with E-state index in [0.29, 0.717) is 23.6 Å². The Morgan fingerprint density at radius 3 is 2.69 bits per heavy atom. The number of anilines is 1. The Labute approximate surface area is 168 Å². The Hall–Kier alpha value is -2.22. The van der Waals surface area contributed by atoms with Gasteiger partial charge in [-0.25, -0.2) is 9.97 Å². The van der Waals surface area contributed by atoms with Gasteiger partial charge < -0.3 is 10.2 Å². The minimum absolute atomic E-state index is 0.259. The summed E-state index contributed by atoms with van der Waals surface area (Å²) in [6.45, 7) is 4.96. The van der Waals surface area contributed by atoms with Gasteiger partial charge in [0.15, 0.2) is 0 Å². The molecule has 4 rings (SSSR count). The Bertz CT molecular complexity index is 848. The summed E-state index contributed by atoms with van der Waals surface area (Å²) >= 11 is 0. The van der Waals surface area contributed by atoms with Crippen molar-refractivity contribution in [3.63, 3.8) is 0 Å². The first-order valence-corrected chi connectivity index (χ1v) is 10.3. The predicted octanol–water partition coefficient (Wildman–Crippen LogP) is 3.94. The number of aromatic nitrogens is 3. The summed E-state index contributed by atoms with van der Waals surface area (Å²) in [5, 5.41) is 3.41. The van der Waals surface area contributed by atoms with Crippen molar-refractivity contribution in [2.75, 3.05) is 24.5 Å². The summed E-state index contributed by atoms with van der Waals surface area (Å²) in [5.41, 5.74) is 1.39. The van der Waals surface area contributed by atoms with E-state index in [0.717, 1.165) is 68.8 Å². The molecule has 2 aromatic rings. The highest BCUT2D eigenvalue weighted by molar-refractivity contribution is 5.37. The van der Waals surface area contributed by atoms with Gasteiger partial charge in [-0.15, -0.1) is 0 Å². The fourth-order valence-electron chi connectivity index (χ4n) is 4.20. The minimum Gasteiger partial charge on any atom is -0.338 e. The van der Waals surface area contributed by atoms with Crippen LogP contribution in [-0.2, 0) is 12.6 Å². The molecule has 0 saturated carbocycles. The second kappa shape index (κ2) is 8.26. The molecule has 0 bridgehead atoms. The van der Waals surface area contributed by atoms with Crippen LogP contribution in [0.1, 0.15) is 61.2 Å². The topological polar surface area (TPSA) is 53.9 Å². The van der Waals surface area contributed by atoms with Gasteiger partial charge in [-0.3, -0.25) is 4.98 Å². The molecule has 2 aromatic heterocycles. The van der Waals surface area contributed by atoms with Gasteiger partial charge in [0.05, 0.1) is 17.0 Å². The number of piperidine rings is 1. The molecule has 2 unspecified atom stereocenters. The average molecular weight is 405 g/mol. The highest BCUT2D eigenvalue weighted by atomic mass is 19.4. The third-order valence-corrected chi connectivity index (χ3v) is 5.82. The fraction of sp³-hybridized carbons (Fsp3) is 0.571. The molecule has 0 radical (unpaired) electrons. The van der Waals surface area contributed by atoms with Gasteiger partial charge in [0.1, 0.15) is 0 Å². The molecule has 2 aliphatic rings. The van der Waals surface area contributed by atoms with Crippen molar-refractivity contribution >= 4 is 5.95 Å². The van der Waals surface area contributed by atoms with Crippen molar-refractivity contribution in [1.29, 1.82) is 0 Å². The van der Waals surface area contributed by atoms with Crippen LogP contribution >= 0.6 is 0 Å². The number of nitrogens with one attached hydrogen (secondary N) is 1. The van der Waals surface area contributed by atoms with E-state index in [1.165, 1.54) is 6.20 Å². The van der Waals surface area contributed by atoms with Gasteiger partial charge in [-0.05, 0) is 57.4 Å². The summed E-state index contributed by atoms with van der Waals surface area (Å²) in [4.78, 5) is 15.9. The number of pyridine rings is 1. The van der Waals surface area contributed by atoms with Crippen LogP contribution in [0.3, 0.4) is 0 Å². The summed E-state index contributed by atoms with van der Waals surface area (Å²) in [7, 11) is 0. The molecule has 2 atom stereocenters. The summed E-state index contributed by atoms with van der Waals surface area (Å²) in [6.07, 6.45) is 1.45.